The average molecular weight is 295 g/mol. The molecule has 0 unspecified atom stereocenters. The number of thiophene rings is 1. The fraction of sp³-hybridized carbons (Fsp3) is 0.462. The number of carboxylic acid groups (broad SMARTS) is 1. The Morgan fingerprint density at radius 1 is 1.55 bits per heavy atom. The van der Waals surface area contributed by atoms with E-state index >= 15 is 0 Å². The molecule has 0 saturated heterocycles. The lowest BCUT2D eigenvalue weighted by Crippen LogP contribution is -2.12. The lowest BCUT2D eigenvalue weighted by atomic mass is 10.2. The highest BCUT2D eigenvalue weighted by Gasteiger charge is 2.16. The summed E-state index contributed by atoms with van der Waals surface area (Å²) < 4.78 is 7.37. The van der Waals surface area contributed by atoms with Gasteiger partial charge in [-0.25, -0.2) is 14.5 Å². The summed E-state index contributed by atoms with van der Waals surface area (Å²) in [5.74, 6) is 0.563. The fourth-order valence-corrected chi connectivity index (χ4v) is 2.58. The molecule has 0 aliphatic heterocycles. The smallest absolute Gasteiger partial charge is 0.349 e. The quantitative estimate of drug-likeness (QED) is 0.886. The van der Waals surface area contributed by atoms with Crippen LogP contribution < -0.4 is 4.74 Å². The van der Waals surface area contributed by atoms with Crippen LogP contribution in [0.25, 0.3) is 0 Å². The molecule has 2 aromatic heterocycles. The first-order chi connectivity index (χ1) is 9.47. The van der Waals surface area contributed by atoms with E-state index in [-0.39, 0.29) is 11.5 Å². The number of ether oxygens (including phenoxy) is 1. The van der Waals surface area contributed by atoms with Crippen molar-refractivity contribution in [3.8, 4) is 5.75 Å². The molecule has 2 aromatic rings. The van der Waals surface area contributed by atoms with E-state index in [0.717, 1.165) is 11.4 Å². The van der Waals surface area contributed by atoms with Gasteiger partial charge >= 0.3 is 5.97 Å². The van der Waals surface area contributed by atoms with Crippen LogP contribution in [0.15, 0.2) is 12.4 Å². The second-order valence-corrected chi connectivity index (χ2v) is 6.15. The van der Waals surface area contributed by atoms with Crippen molar-refractivity contribution in [3.05, 3.63) is 28.0 Å². The zero-order valence-corrected chi connectivity index (χ0v) is 12.5. The minimum atomic E-state index is -0.971. The molecule has 0 spiro atoms. The summed E-state index contributed by atoms with van der Waals surface area (Å²) >= 11 is 1.21. The zero-order valence-electron chi connectivity index (χ0n) is 11.7. The molecule has 108 valence electrons. The minimum absolute atomic E-state index is 0.211. The summed E-state index contributed by atoms with van der Waals surface area (Å²) in [6.07, 6.45) is 1.48. The number of aryl methyl sites for hydroxylation is 1. The molecule has 0 radical (unpaired) electrons. The van der Waals surface area contributed by atoms with Crippen LogP contribution in [0.4, 0.5) is 0 Å². The van der Waals surface area contributed by atoms with Crippen LogP contribution in [0.5, 0.6) is 5.75 Å². The van der Waals surface area contributed by atoms with Crippen LogP contribution in [0, 0.1) is 12.8 Å². The molecule has 0 aliphatic carbocycles. The van der Waals surface area contributed by atoms with E-state index in [4.69, 9.17) is 9.84 Å². The number of carboxylic acids is 1. The second-order valence-electron chi connectivity index (χ2n) is 4.90. The van der Waals surface area contributed by atoms with Crippen LogP contribution in [0.1, 0.15) is 34.2 Å². The van der Waals surface area contributed by atoms with Gasteiger partial charge in [-0.3, -0.25) is 0 Å². The van der Waals surface area contributed by atoms with Gasteiger partial charge in [0.15, 0.2) is 10.7 Å². The molecule has 0 fully saturated rings. The van der Waals surface area contributed by atoms with Gasteiger partial charge in [-0.1, -0.05) is 13.8 Å². The Hall–Kier alpha value is -1.89. The lowest BCUT2D eigenvalue weighted by molar-refractivity contribution is 0.0697. The van der Waals surface area contributed by atoms with E-state index < -0.39 is 5.97 Å². The second kappa shape index (κ2) is 6.04. The number of rotatable bonds is 6. The van der Waals surface area contributed by atoms with Crippen molar-refractivity contribution >= 4 is 17.3 Å². The molecular formula is C13H17N3O3S. The standard InChI is InChI=1S/C13H17N3O3S/c1-8(2)5-16-11(14-7-15-16)6-19-10-4-9(3)20-12(10)13(17)18/h4,7-8H,5-6H2,1-3H3,(H,17,18). The van der Waals surface area contributed by atoms with Gasteiger partial charge in [-0.2, -0.15) is 5.10 Å². The van der Waals surface area contributed by atoms with Gasteiger partial charge in [-0.05, 0) is 18.9 Å². The number of carbonyl (C=O) groups is 1. The third-order valence-electron chi connectivity index (χ3n) is 2.61. The molecule has 0 aliphatic rings. The zero-order chi connectivity index (χ0) is 14.7. The van der Waals surface area contributed by atoms with E-state index in [2.05, 4.69) is 23.9 Å². The molecule has 2 rings (SSSR count). The van der Waals surface area contributed by atoms with Crippen LogP contribution >= 0.6 is 11.3 Å². The molecule has 0 amide bonds. The number of hydrogen-bond acceptors (Lipinski definition) is 5. The van der Waals surface area contributed by atoms with Crippen LogP contribution in [-0.2, 0) is 13.2 Å². The summed E-state index contributed by atoms with van der Waals surface area (Å²) in [6.45, 7) is 7.01. The van der Waals surface area contributed by atoms with E-state index in [9.17, 15) is 4.79 Å². The topological polar surface area (TPSA) is 77.2 Å². The summed E-state index contributed by atoms with van der Waals surface area (Å²) in [5.41, 5.74) is 0. The first-order valence-corrected chi connectivity index (χ1v) is 7.12. The highest BCUT2D eigenvalue weighted by Crippen LogP contribution is 2.29. The Kier molecular flexibility index (Phi) is 4.39. The van der Waals surface area contributed by atoms with Crippen molar-refractivity contribution in [2.24, 2.45) is 5.92 Å². The first-order valence-electron chi connectivity index (χ1n) is 6.30. The largest absolute Gasteiger partial charge is 0.484 e. The SMILES string of the molecule is Cc1cc(OCc2ncnn2CC(C)C)c(C(=O)O)s1. The fourth-order valence-electron chi connectivity index (χ4n) is 1.79. The Balaban J connectivity index is 2.09. The van der Waals surface area contributed by atoms with E-state index in [0.29, 0.717) is 17.5 Å². The van der Waals surface area contributed by atoms with Gasteiger partial charge in [0.2, 0.25) is 0 Å². The summed E-state index contributed by atoms with van der Waals surface area (Å²) in [5, 5.41) is 13.3. The third kappa shape index (κ3) is 3.36. The van der Waals surface area contributed by atoms with Crippen LogP contribution in [-0.4, -0.2) is 25.8 Å². The summed E-state index contributed by atoms with van der Waals surface area (Å²) in [7, 11) is 0. The van der Waals surface area contributed by atoms with Crippen LogP contribution in [0.3, 0.4) is 0 Å². The summed E-state index contributed by atoms with van der Waals surface area (Å²) in [4.78, 5) is 16.4. The Bertz CT molecular complexity index is 604. The number of aromatic nitrogens is 3. The normalized spacial score (nSPS) is 11.0. The molecule has 0 aromatic carbocycles. The van der Waals surface area contributed by atoms with Gasteiger partial charge in [-0.15, -0.1) is 11.3 Å². The highest BCUT2D eigenvalue weighted by atomic mass is 32.1. The minimum Gasteiger partial charge on any atom is -0.484 e. The van der Waals surface area contributed by atoms with Crippen molar-refractivity contribution in [1.29, 1.82) is 0 Å². The van der Waals surface area contributed by atoms with Crippen molar-refractivity contribution < 1.29 is 14.6 Å². The molecule has 0 atom stereocenters. The molecule has 1 N–H and O–H groups in total. The monoisotopic (exact) mass is 295 g/mol. The van der Waals surface area contributed by atoms with E-state index in [1.54, 1.807) is 10.7 Å². The van der Waals surface area contributed by atoms with Crippen LogP contribution in [0.2, 0.25) is 0 Å². The molecular weight excluding hydrogens is 278 g/mol. The summed E-state index contributed by atoms with van der Waals surface area (Å²) in [6, 6.07) is 1.73. The average Bonchev–Trinajstić information content (AvgIpc) is 2.92. The molecule has 2 heterocycles. The number of aromatic carboxylic acids is 1. The predicted octanol–water partition coefficient (Wildman–Crippen LogP) is 2.58. The maximum Gasteiger partial charge on any atom is 0.349 e. The highest BCUT2D eigenvalue weighted by molar-refractivity contribution is 7.14. The Labute approximate surface area is 121 Å². The van der Waals surface area contributed by atoms with Crippen molar-refractivity contribution in [2.75, 3.05) is 0 Å². The maximum atomic E-state index is 11.1. The number of nitrogens with zero attached hydrogens (tertiary/aromatic N) is 3. The Morgan fingerprint density at radius 3 is 2.95 bits per heavy atom. The maximum absolute atomic E-state index is 11.1. The number of hydrogen-bond donors (Lipinski definition) is 1. The molecule has 7 heteroatoms. The third-order valence-corrected chi connectivity index (χ3v) is 3.63. The van der Waals surface area contributed by atoms with Gasteiger partial charge in [0.1, 0.15) is 18.7 Å². The first kappa shape index (κ1) is 14.5. The molecule has 6 nitrogen and oxygen atoms in total. The van der Waals surface area contributed by atoms with Crippen molar-refractivity contribution in [3.63, 3.8) is 0 Å². The van der Waals surface area contributed by atoms with E-state index in [1.165, 1.54) is 17.7 Å². The van der Waals surface area contributed by atoms with Crippen molar-refractivity contribution in [1.82, 2.24) is 14.8 Å². The van der Waals surface area contributed by atoms with Gasteiger partial charge < -0.3 is 9.84 Å². The van der Waals surface area contributed by atoms with Gasteiger partial charge in [0.25, 0.3) is 0 Å². The van der Waals surface area contributed by atoms with E-state index in [1.807, 2.05) is 6.92 Å². The molecule has 0 bridgehead atoms. The van der Waals surface area contributed by atoms with Gasteiger partial charge in [0, 0.05) is 11.4 Å². The van der Waals surface area contributed by atoms with Gasteiger partial charge in [0.05, 0.1) is 0 Å². The predicted molar refractivity (Wildman–Crippen MR) is 75.2 cm³/mol. The van der Waals surface area contributed by atoms with Crippen molar-refractivity contribution in [2.45, 2.75) is 33.9 Å². The molecule has 0 saturated carbocycles. The molecule has 20 heavy (non-hydrogen) atoms. The lowest BCUT2D eigenvalue weighted by Gasteiger charge is -2.09. The Morgan fingerprint density at radius 2 is 2.30 bits per heavy atom.